The third-order valence-corrected chi connectivity index (χ3v) is 16.7. The number of amides is 2. The number of nitro benzene ring substituents is 1. The van der Waals surface area contributed by atoms with Gasteiger partial charge in [0.05, 0.1) is 29.5 Å². The van der Waals surface area contributed by atoms with E-state index >= 15 is 4.39 Å². The molecule has 4 N–H and O–H groups in total. The number of carbonyl (C=O) groups is 2. The molecular weight excluding hydrogens is 944 g/mol. The highest BCUT2D eigenvalue weighted by atomic mass is 32.2. The number of imidazole rings is 1. The first kappa shape index (κ1) is 48.9. The second kappa shape index (κ2) is 19.4. The van der Waals surface area contributed by atoms with Crippen LogP contribution in [0.1, 0.15) is 98.7 Å². The smallest absolute Gasteiger partial charge is 0.296 e. The monoisotopic (exact) mass is 1000 g/mol. The summed E-state index contributed by atoms with van der Waals surface area (Å²) in [7, 11) is -1.33. The minimum absolute atomic E-state index is 0.00986. The number of piperidine rings is 2. The number of pyridine rings is 2. The number of nitro groups is 1. The second-order valence-electron chi connectivity index (χ2n) is 20.7. The van der Waals surface area contributed by atoms with Gasteiger partial charge in [0, 0.05) is 87.6 Å². The summed E-state index contributed by atoms with van der Waals surface area (Å²) < 4.78 is 53.1. The number of hydrogen-bond acceptors (Lipinski definition) is 14. The van der Waals surface area contributed by atoms with Crippen LogP contribution in [-0.4, -0.2) is 136 Å². The standard InChI is InChI=1S/C51H61FN12O7S/c1-32(2)36-8-5-6-9-37(36)39-10-7-17-63(39)34-25-50(26-34)12-18-61(19-13-50)43-24-41(71-35-22-33-11-16-53-48(33)55-27-35)38(28-54-43)49(66)59-72(69,70)42-23-40(64(67)68)45(47-46(42)57-31-58-47)56-30-51(52)14-20-62(21-15-51)44(65)29-60(3)4/h5-6,8-9,11,16,22-24,27-28,31-32,34,39,56H,7,10,12-15,17-21,25-26,29-30H2,1-4H3,(H,53,55)(H,57,58)(H,59,66)/t39-/m0/s1. The van der Waals surface area contributed by atoms with Crippen molar-refractivity contribution in [2.24, 2.45) is 5.41 Å². The van der Waals surface area contributed by atoms with Crippen LogP contribution < -0.4 is 19.7 Å². The number of sulfonamides is 1. The van der Waals surface area contributed by atoms with E-state index < -0.39 is 37.1 Å². The van der Waals surface area contributed by atoms with Gasteiger partial charge in [-0.05, 0) is 93.8 Å². The van der Waals surface area contributed by atoms with Crippen molar-refractivity contribution in [1.82, 2.24) is 44.3 Å². The van der Waals surface area contributed by atoms with Crippen LogP contribution in [0.5, 0.6) is 11.5 Å². The van der Waals surface area contributed by atoms with E-state index in [0.29, 0.717) is 35.2 Å². The molecule has 21 heteroatoms. The number of nitrogens with one attached hydrogen (secondary N) is 4. The molecule has 1 atom stereocenters. The van der Waals surface area contributed by atoms with Crippen LogP contribution in [0, 0.1) is 15.5 Å². The van der Waals surface area contributed by atoms with Gasteiger partial charge in [-0.2, -0.15) is 0 Å². The number of rotatable bonds is 15. The van der Waals surface area contributed by atoms with Crippen LogP contribution in [-0.2, 0) is 14.8 Å². The SMILES string of the molecule is CC(C)c1ccccc1[C@@H]1CCCN1C1CC2(CCN(c3cc(Oc4cnc5[nH]ccc5c4)c(C(=O)NS(=O)(=O)c4cc([N+](=O)[O-])c(NCC5(F)CCN(C(=O)CN(C)C)CC5)c5[nH]cnc45)cn3)CC2)C1. The lowest BCUT2D eigenvalue weighted by molar-refractivity contribution is -0.384. The Morgan fingerprint density at radius 2 is 1.75 bits per heavy atom. The average Bonchev–Trinajstić information content (AvgIpc) is 4.14. The van der Waals surface area contributed by atoms with Crippen molar-refractivity contribution in [2.45, 2.75) is 93.8 Å². The largest absolute Gasteiger partial charge is 0.455 e. The molecule has 0 radical (unpaired) electrons. The van der Waals surface area contributed by atoms with Gasteiger partial charge in [0.2, 0.25) is 5.91 Å². The molecule has 3 aliphatic heterocycles. The molecule has 2 aromatic carbocycles. The Labute approximate surface area is 417 Å². The fourth-order valence-electron chi connectivity index (χ4n) is 11.4. The van der Waals surface area contributed by atoms with E-state index in [9.17, 15) is 28.1 Å². The fraction of sp³-hybridized carbons (Fsp3) is 0.471. The van der Waals surface area contributed by atoms with Crippen LogP contribution >= 0.6 is 0 Å². The van der Waals surface area contributed by atoms with Gasteiger partial charge >= 0.3 is 0 Å². The maximum atomic E-state index is 16.2. The van der Waals surface area contributed by atoms with E-state index in [-0.39, 0.29) is 78.4 Å². The van der Waals surface area contributed by atoms with E-state index in [1.165, 1.54) is 36.4 Å². The summed E-state index contributed by atoms with van der Waals surface area (Å²) >= 11 is 0. The maximum absolute atomic E-state index is 16.2. The Bertz CT molecular complexity index is 3140. The highest BCUT2D eigenvalue weighted by Gasteiger charge is 2.50. The van der Waals surface area contributed by atoms with Crippen molar-refractivity contribution >= 4 is 61.1 Å². The van der Waals surface area contributed by atoms with Crippen LogP contribution in [0.3, 0.4) is 0 Å². The summed E-state index contributed by atoms with van der Waals surface area (Å²) in [5.41, 5.74) is 0.598. The molecule has 7 heterocycles. The summed E-state index contributed by atoms with van der Waals surface area (Å²) in [6.45, 7) is 7.31. The molecule has 0 bridgehead atoms. The lowest BCUT2D eigenvalue weighted by atomic mass is 9.60. The summed E-state index contributed by atoms with van der Waals surface area (Å²) in [5.74, 6) is 0.125. The molecule has 72 heavy (non-hydrogen) atoms. The van der Waals surface area contributed by atoms with E-state index in [2.05, 4.69) is 82.9 Å². The number of benzene rings is 2. The predicted octanol–water partition coefficient (Wildman–Crippen LogP) is 7.67. The van der Waals surface area contributed by atoms with Crippen molar-refractivity contribution in [3.8, 4) is 11.5 Å². The van der Waals surface area contributed by atoms with E-state index in [0.717, 1.165) is 63.1 Å². The number of halogens is 1. The van der Waals surface area contributed by atoms with E-state index in [1.54, 1.807) is 42.2 Å². The average molecular weight is 1010 g/mol. The molecule has 1 spiro atoms. The van der Waals surface area contributed by atoms with Crippen LogP contribution in [0.15, 0.2) is 78.3 Å². The normalized spacial score (nSPS) is 19.3. The minimum atomic E-state index is -4.88. The number of aromatic nitrogens is 5. The van der Waals surface area contributed by atoms with Crippen LogP contribution in [0.25, 0.3) is 22.1 Å². The number of ether oxygens (including phenoxy) is 1. The Morgan fingerprint density at radius 1 is 0.986 bits per heavy atom. The van der Waals surface area contributed by atoms with Gasteiger partial charge in [0.25, 0.3) is 21.6 Å². The van der Waals surface area contributed by atoms with Gasteiger partial charge in [-0.3, -0.25) is 24.6 Å². The summed E-state index contributed by atoms with van der Waals surface area (Å²) in [5, 5.41) is 16.2. The molecule has 4 aliphatic rings. The number of aromatic amines is 2. The topological polar surface area (TPSA) is 228 Å². The first-order valence-corrected chi connectivity index (χ1v) is 26.2. The van der Waals surface area contributed by atoms with E-state index in [4.69, 9.17) is 4.74 Å². The third-order valence-electron chi connectivity index (χ3n) is 15.3. The second-order valence-corrected chi connectivity index (χ2v) is 22.3. The predicted molar refractivity (Wildman–Crippen MR) is 271 cm³/mol. The Kier molecular flexibility index (Phi) is 13.2. The van der Waals surface area contributed by atoms with Crippen molar-refractivity contribution in [3.63, 3.8) is 0 Å². The zero-order valence-corrected chi connectivity index (χ0v) is 41.8. The number of alkyl halides is 1. The Hall–Kier alpha value is -6.71. The molecule has 10 rings (SSSR count). The maximum Gasteiger partial charge on any atom is 0.296 e. The minimum Gasteiger partial charge on any atom is -0.455 e. The number of nitrogens with zero attached hydrogens (tertiary/aromatic N) is 8. The quantitative estimate of drug-likeness (QED) is 0.0572. The molecule has 6 aromatic rings. The van der Waals surface area contributed by atoms with Crippen molar-refractivity contribution < 1.29 is 32.1 Å². The van der Waals surface area contributed by atoms with Gasteiger partial charge < -0.3 is 34.7 Å². The molecule has 3 saturated heterocycles. The summed E-state index contributed by atoms with van der Waals surface area (Å²) in [4.78, 5) is 65.3. The molecule has 4 aromatic heterocycles. The van der Waals surface area contributed by atoms with Crippen molar-refractivity contribution in [3.05, 3.63) is 100 Å². The lowest BCUT2D eigenvalue weighted by Gasteiger charge is -2.56. The lowest BCUT2D eigenvalue weighted by Crippen LogP contribution is -2.55. The first-order chi connectivity index (χ1) is 34.5. The van der Waals surface area contributed by atoms with Crippen LogP contribution in [0.2, 0.25) is 0 Å². The molecular formula is C51H61FN12O7S. The molecule has 380 valence electrons. The molecule has 19 nitrogen and oxygen atoms in total. The number of likely N-dealkylation sites (N-methyl/N-ethyl adjacent to an activating group) is 1. The number of anilines is 2. The van der Waals surface area contributed by atoms with Crippen molar-refractivity contribution in [1.29, 1.82) is 0 Å². The molecule has 0 unspecified atom stereocenters. The van der Waals surface area contributed by atoms with Gasteiger partial charge in [-0.25, -0.2) is 32.5 Å². The molecule has 1 aliphatic carbocycles. The van der Waals surface area contributed by atoms with Gasteiger partial charge in [0.1, 0.15) is 50.3 Å². The Balaban J connectivity index is 0.858. The first-order valence-electron chi connectivity index (χ1n) is 24.8. The highest BCUT2D eigenvalue weighted by Crippen LogP contribution is 2.54. The Morgan fingerprint density at radius 3 is 2.49 bits per heavy atom. The number of likely N-dealkylation sites (tertiary alicyclic amines) is 2. The van der Waals surface area contributed by atoms with E-state index in [1.807, 2.05) is 6.07 Å². The highest BCUT2D eigenvalue weighted by molar-refractivity contribution is 7.90. The van der Waals surface area contributed by atoms with Gasteiger partial charge in [0.15, 0.2) is 0 Å². The third kappa shape index (κ3) is 9.68. The molecule has 2 amide bonds. The number of hydrogen-bond donors (Lipinski definition) is 4. The molecule has 4 fully saturated rings. The zero-order chi connectivity index (χ0) is 50.5. The number of carbonyl (C=O) groups excluding carboxylic acids is 2. The van der Waals surface area contributed by atoms with Crippen molar-refractivity contribution in [2.75, 3.05) is 70.1 Å². The summed E-state index contributed by atoms with van der Waals surface area (Å²) in [6, 6.07) is 15.9. The van der Waals surface area contributed by atoms with Gasteiger partial charge in [-0.15, -0.1) is 0 Å². The van der Waals surface area contributed by atoms with Crippen LogP contribution in [0.4, 0.5) is 21.6 Å². The molecule has 1 saturated carbocycles. The fourth-order valence-corrected chi connectivity index (χ4v) is 12.6. The summed E-state index contributed by atoms with van der Waals surface area (Å²) in [6.07, 6.45) is 12.3. The number of fused-ring (bicyclic) bond motifs is 2. The van der Waals surface area contributed by atoms with Gasteiger partial charge in [-0.1, -0.05) is 38.1 Å². The number of H-pyrrole nitrogens is 2. The zero-order valence-electron chi connectivity index (χ0n) is 41.0.